The average molecular weight is 265 g/mol. The summed E-state index contributed by atoms with van der Waals surface area (Å²) in [6.45, 7) is 11.7. The summed E-state index contributed by atoms with van der Waals surface area (Å²) in [4.78, 5) is 16.6. The van der Waals surface area contributed by atoms with Crippen LogP contribution in [0.2, 0.25) is 0 Å². The van der Waals surface area contributed by atoms with E-state index < -0.39 is 0 Å². The average Bonchev–Trinajstić information content (AvgIpc) is 2.85. The van der Waals surface area contributed by atoms with Crippen LogP contribution in [0.15, 0.2) is 12.1 Å². The lowest BCUT2D eigenvalue weighted by Gasteiger charge is -2.26. The molecular weight excluding hydrogens is 242 g/mol. The maximum atomic E-state index is 12.1. The fourth-order valence-corrected chi connectivity index (χ4v) is 3.35. The predicted octanol–water partition coefficient (Wildman–Crippen LogP) is 3.61. The van der Waals surface area contributed by atoms with Crippen LogP contribution in [0.3, 0.4) is 0 Å². The van der Waals surface area contributed by atoms with Crippen molar-refractivity contribution in [3.63, 3.8) is 0 Å². The number of ketones is 1. The molecule has 1 aromatic rings. The number of hydrogen-bond acceptors (Lipinski definition) is 3. The summed E-state index contributed by atoms with van der Waals surface area (Å²) in [5, 5.41) is 0. The number of Topliss-reactive ketones (excluding diaryl/α,β-unsaturated/α-hetero) is 1. The fourth-order valence-electron chi connectivity index (χ4n) is 2.55. The summed E-state index contributed by atoms with van der Waals surface area (Å²) in [6.07, 6.45) is 1.22. The minimum absolute atomic E-state index is 0.280. The van der Waals surface area contributed by atoms with E-state index in [0.717, 1.165) is 23.9 Å². The number of aryl methyl sites for hydroxylation is 1. The van der Waals surface area contributed by atoms with Crippen molar-refractivity contribution < 1.29 is 4.79 Å². The maximum absolute atomic E-state index is 12.1. The Bertz CT molecular complexity index is 430. The molecule has 1 aromatic heterocycles. The predicted molar refractivity (Wildman–Crippen MR) is 77.4 cm³/mol. The zero-order chi connectivity index (χ0) is 13.3. The van der Waals surface area contributed by atoms with E-state index in [-0.39, 0.29) is 5.78 Å². The highest BCUT2D eigenvalue weighted by molar-refractivity contribution is 7.14. The van der Waals surface area contributed by atoms with E-state index in [1.165, 1.54) is 11.3 Å². The van der Waals surface area contributed by atoms with E-state index in [4.69, 9.17) is 0 Å². The Hall–Kier alpha value is -0.670. The zero-order valence-corrected chi connectivity index (χ0v) is 12.6. The largest absolute Gasteiger partial charge is 0.295 e. The monoisotopic (exact) mass is 265 g/mol. The van der Waals surface area contributed by atoms with Crippen LogP contribution in [0.5, 0.6) is 0 Å². The molecule has 0 saturated carbocycles. The van der Waals surface area contributed by atoms with E-state index in [1.54, 1.807) is 11.3 Å². The van der Waals surface area contributed by atoms with Crippen molar-refractivity contribution in [1.82, 2.24) is 4.90 Å². The highest BCUT2D eigenvalue weighted by Gasteiger charge is 2.32. The van der Waals surface area contributed by atoms with E-state index in [9.17, 15) is 4.79 Å². The van der Waals surface area contributed by atoms with E-state index >= 15 is 0 Å². The van der Waals surface area contributed by atoms with Gasteiger partial charge in [0.25, 0.3) is 0 Å². The lowest BCUT2D eigenvalue weighted by molar-refractivity contribution is 0.0942. The summed E-state index contributed by atoms with van der Waals surface area (Å²) in [5.74, 6) is 0.998. The molecule has 100 valence electrons. The molecule has 0 aliphatic carbocycles. The normalized spacial score (nSPS) is 21.4. The van der Waals surface area contributed by atoms with Gasteiger partial charge in [-0.2, -0.15) is 0 Å². The quantitative estimate of drug-likeness (QED) is 0.778. The van der Waals surface area contributed by atoms with E-state index in [2.05, 4.69) is 25.7 Å². The molecule has 0 bridgehead atoms. The highest BCUT2D eigenvalue weighted by atomic mass is 32.1. The van der Waals surface area contributed by atoms with Crippen LogP contribution in [0.1, 0.15) is 41.7 Å². The van der Waals surface area contributed by atoms with Crippen LogP contribution < -0.4 is 0 Å². The number of likely N-dealkylation sites (tertiary alicyclic amines) is 1. The molecule has 1 fully saturated rings. The van der Waals surface area contributed by atoms with Crippen LogP contribution in [0, 0.1) is 18.3 Å². The first-order chi connectivity index (χ1) is 8.36. The Kier molecular flexibility index (Phi) is 3.93. The molecule has 2 nitrogen and oxygen atoms in total. The summed E-state index contributed by atoms with van der Waals surface area (Å²) in [7, 11) is 0. The number of carbonyl (C=O) groups excluding carboxylic acids is 1. The van der Waals surface area contributed by atoms with Crippen molar-refractivity contribution in [3.8, 4) is 0 Å². The van der Waals surface area contributed by atoms with Crippen LogP contribution in [-0.2, 0) is 0 Å². The van der Waals surface area contributed by atoms with Crippen molar-refractivity contribution in [2.75, 3.05) is 19.6 Å². The van der Waals surface area contributed by atoms with Crippen LogP contribution in [0.4, 0.5) is 0 Å². The topological polar surface area (TPSA) is 20.3 Å². The minimum atomic E-state index is 0.280. The Morgan fingerprint density at radius 3 is 2.67 bits per heavy atom. The van der Waals surface area contributed by atoms with Crippen LogP contribution in [0.25, 0.3) is 0 Å². The molecule has 2 rings (SSSR count). The maximum Gasteiger partial charge on any atom is 0.186 e. The van der Waals surface area contributed by atoms with Crippen molar-refractivity contribution >= 4 is 17.1 Å². The number of carbonyl (C=O) groups is 1. The Morgan fingerprint density at radius 2 is 2.17 bits per heavy atom. The number of hydrogen-bond donors (Lipinski definition) is 0. The van der Waals surface area contributed by atoms with Crippen LogP contribution in [-0.4, -0.2) is 30.3 Å². The van der Waals surface area contributed by atoms with Gasteiger partial charge >= 0.3 is 0 Å². The van der Waals surface area contributed by atoms with Gasteiger partial charge in [0, 0.05) is 11.4 Å². The van der Waals surface area contributed by atoms with Crippen molar-refractivity contribution in [1.29, 1.82) is 0 Å². The molecule has 0 radical (unpaired) electrons. The van der Waals surface area contributed by atoms with Gasteiger partial charge in [-0.25, -0.2) is 0 Å². The van der Waals surface area contributed by atoms with Gasteiger partial charge in [-0.1, -0.05) is 20.8 Å². The summed E-state index contributed by atoms with van der Waals surface area (Å²) < 4.78 is 0. The molecule has 0 N–H and O–H groups in total. The van der Waals surface area contributed by atoms with Gasteiger partial charge in [-0.05, 0) is 43.4 Å². The third-order valence-electron chi connectivity index (χ3n) is 3.88. The molecule has 0 spiro atoms. The van der Waals surface area contributed by atoms with Crippen LogP contribution >= 0.6 is 11.3 Å². The first-order valence-electron chi connectivity index (χ1n) is 6.68. The fraction of sp³-hybridized carbons (Fsp3) is 0.667. The lowest BCUT2D eigenvalue weighted by Crippen LogP contribution is -2.30. The van der Waals surface area contributed by atoms with E-state index in [0.29, 0.717) is 12.0 Å². The summed E-state index contributed by atoms with van der Waals surface area (Å²) in [5.41, 5.74) is 0.358. The van der Waals surface area contributed by atoms with Gasteiger partial charge in [-0.15, -0.1) is 11.3 Å². The van der Waals surface area contributed by atoms with Gasteiger partial charge < -0.3 is 0 Å². The molecule has 1 unspecified atom stereocenters. The second-order valence-electron chi connectivity index (χ2n) is 6.42. The summed E-state index contributed by atoms with van der Waals surface area (Å²) >= 11 is 1.61. The second-order valence-corrected chi connectivity index (χ2v) is 7.71. The lowest BCUT2D eigenvalue weighted by atomic mass is 9.80. The third-order valence-corrected chi connectivity index (χ3v) is 4.92. The first-order valence-corrected chi connectivity index (χ1v) is 7.50. The molecule has 1 atom stereocenters. The van der Waals surface area contributed by atoms with Crippen molar-refractivity contribution in [2.24, 2.45) is 11.3 Å². The number of thiophene rings is 1. The Morgan fingerprint density at radius 1 is 1.44 bits per heavy atom. The molecule has 1 aliphatic rings. The van der Waals surface area contributed by atoms with Gasteiger partial charge in [0.05, 0.1) is 11.4 Å². The zero-order valence-electron chi connectivity index (χ0n) is 11.8. The molecule has 0 aromatic carbocycles. The number of rotatable bonds is 3. The molecule has 18 heavy (non-hydrogen) atoms. The SMILES string of the molecule is Cc1ccc(C(=O)CN2CCC(C(C)(C)C)C2)s1. The van der Waals surface area contributed by atoms with E-state index in [1.807, 2.05) is 19.1 Å². The van der Waals surface area contributed by atoms with Gasteiger partial charge in [0.1, 0.15) is 0 Å². The third kappa shape index (κ3) is 3.21. The van der Waals surface area contributed by atoms with Crippen molar-refractivity contribution in [2.45, 2.75) is 34.1 Å². The van der Waals surface area contributed by atoms with Gasteiger partial charge in [-0.3, -0.25) is 9.69 Å². The number of nitrogens with zero attached hydrogens (tertiary/aromatic N) is 1. The first kappa shape index (κ1) is 13.8. The minimum Gasteiger partial charge on any atom is -0.295 e. The molecule has 1 aliphatic heterocycles. The highest BCUT2D eigenvalue weighted by Crippen LogP contribution is 2.33. The molecular formula is C15H23NOS. The standard InChI is InChI=1S/C15H23NOS/c1-11-5-6-14(18-11)13(17)10-16-8-7-12(9-16)15(2,3)4/h5-6,12H,7-10H2,1-4H3. The van der Waals surface area contributed by atoms with Gasteiger partial charge in [0.15, 0.2) is 5.78 Å². The summed E-state index contributed by atoms with van der Waals surface area (Å²) in [6, 6.07) is 3.99. The van der Waals surface area contributed by atoms with Crippen molar-refractivity contribution in [3.05, 3.63) is 21.9 Å². The van der Waals surface area contributed by atoms with Gasteiger partial charge in [0.2, 0.25) is 0 Å². The Labute approximate surface area is 114 Å². The second kappa shape index (κ2) is 5.14. The smallest absolute Gasteiger partial charge is 0.186 e. The molecule has 2 heterocycles. The molecule has 1 saturated heterocycles. The molecule has 0 amide bonds. The Balaban J connectivity index is 1.90. The molecule has 3 heteroatoms.